The molecule has 1 N–H and O–H groups in total. The molecule has 0 spiro atoms. The Kier molecular flexibility index (Phi) is 4.40. The SMILES string of the molecule is COc1ccc2c(c1)CCC2=NNC(=O)Cc1cccc2ccccc12. The third-order valence-electron chi connectivity index (χ3n) is 4.80. The van der Waals surface area contributed by atoms with Gasteiger partial charge in [-0.1, -0.05) is 42.5 Å². The van der Waals surface area contributed by atoms with Gasteiger partial charge in [-0.25, -0.2) is 5.43 Å². The molecular weight excluding hydrogens is 324 g/mol. The number of methoxy groups -OCH3 is 1. The van der Waals surface area contributed by atoms with E-state index >= 15 is 0 Å². The molecule has 3 aromatic rings. The number of nitrogens with zero attached hydrogens (tertiary/aromatic N) is 1. The van der Waals surface area contributed by atoms with Crippen molar-refractivity contribution in [3.63, 3.8) is 0 Å². The van der Waals surface area contributed by atoms with Gasteiger partial charge in [0.15, 0.2) is 0 Å². The van der Waals surface area contributed by atoms with Crippen LogP contribution in [0.3, 0.4) is 0 Å². The summed E-state index contributed by atoms with van der Waals surface area (Å²) in [7, 11) is 1.67. The molecule has 0 atom stereocenters. The van der Waals surface area contributed by atoms with Crippen LogP contribution in [-0.2, 0) is 17.6 Å². The van der Waals surface area contributed by atoms with Crippen LogP contribution in [0.2, 0.25) is 0 Å². The number of rotatable bonds is 4. The summed E-state index contributed by atoms with van der Waals surface area (Å²) in [6.07, 6.45) is 2.06. The molecule has 26 heavy (non-hydrogen) atoms. The highest BCUT2D eigenvalue weighted by Gasteiger charge is 2.18. The van der Waals surface area contributed by atoms with Crippen molar-refractivity contribution in [1.29, 1.82) is 0 Å². The van der Waals surface area contributed by atoms with E-state index < -0.39 is 0 Å². The van der Waals surface area contributed by atoms with Gasteiger partial charge in [0.1, 0.15) is 5.75 Å². The summed E-state index contributed by atoms with van der Waals surface area (Å²) in [5, 5.41) is 6.62. The molecule has 1 aliphatic carbocycles. The normalized spacial score (nSPS) is 14.4. The first-order valence-corrected chi connectivity index (χ1v) is 8.74. The van der Waals surface area contributed by atoms with E-state index in [4.69, 9.17) is 4.74 Å². The topological polar surface area (TPSA) is 50.7 Å². The number of hydrazone groups is 1. The van der Waals surface area contributed by atoms with E-state index in [1.54, 1.807) is 7.11 Å². The molecule has 4 heteroatoms. The summed E-state index contributed by atoms with van der Waals surface area (Å²) in [4.78, 5) is 12.4. The second kappa shape index (κ2) is 7.00. The van der Waals surface area contributed by atoms with Crippen LogP contribution >= 0.6 is 0 Å². The third kappa shape index (κ3) is 3.18. The minimum Gasteiger partial charge on any atom is -0.497 e. The van der Waals surface area contributed by atoms with E-state index in [0.717, 1.165) is 46.2 Å². The van der Waals surface area contributed by atoms with Crippen LogP contribution in [0.1, 0.15) is 23.1 Å². The predicted octanol–water partition coefficient (Wildman–Crippen LogP) is 3.86. The van der Waals surface area contributed by atoms with E-state index in [1.807, 2.05) is 48.5 Å². The Morgan fingerprint density at radius 1 is 1.08 bits per heavy atom. The number of amides is 1. The molecular formula is C22H20N2O2. The molecule has 1 aliphatic rings. The molecule has 1 amide bonds. The highest BCUT2D eigenvalue weighted by atomic mass is 16.5. The molecule has 0 aromatic heterocycles. The maximum atomic E-state index is 12.4. The fourth-order valence-corrected chi connectivity index (χ4v) is 3.48. The van der Waals surface area contributed by atoms with Crippen LogP contribution in [0.4, 0.5) is 0 Å². The molecule has 0 unspecified atom stereocenters. The van der Waals surface area contributed by atoms with Crippen LogP contribution < -0.4 is 10.2 Å². The largest absolute Gasteiger partial charge is 0.497 e. The van der Waals surface area contributed by atoms with Gasteiger partial charge in [0.25, 0.3) is 0 Å². The predicted molar refractivity (Wildman–Crippen MR) is 104 cm³/mol. The first kappa shape index (κ1) is 16.3. The van der Waals surface area contributed by atoms with Gasteiger partial charge in [-0.15, -0.1) is 0 Å². The Morgan fingerprint density at radius 2 is 1.92 bits per heavy atom. The summed E-state index contributed by atoms with van der Waals surface area (Å²) in [5.74, 6) is 0.751. The molecule has 130 valence electrons. The molecule has 0 saturated heterocycles. The minimum atomic E-state index is -0.101. The van der Waals surface area contributed by atoms with Gasteiger partial charge in [-0.2, -0.15) is 5.10 Å². The summed E-state index contributed by atoms with van der Waals surface area (Å²) < 4.78 is 5.26. The van der Waals surface area contributed by atoms with Crippen LogP contribution in [-0.4, -0.2) is 18.7 Å². The first-order chi connectivity index (χ1) is 12.7. The molecule has 0 aliphatic heterocycles. The number of carbonyl (C=O) groups excluding carboxylic acids is 1. The van der Waals surface area contributed by atoms with Crippen LogP contribution in [0.5, 0.6) is 5.75 Å². The zero-order valence-electron chi connectivity index (χ0n) is 14.7. The fourth-order valence-electron chi connectivity index (χ4n) is 3.48. The van der Waals surface area contributed by atoms with Crippen molar-refractivity contribution in [2.45, 2.75) is 19.3 Å². The molecule has 4 nitrogen and oxygen atoms in total. The molecule has 0 saturated carbocycles. The van der Waals surface area contributed by atoms with Crippen molar-refractivity contribution in [2.24, 2.45) is 5.10 Å². The molecule has 0 fully saturated rings. The van der Waals surface area contributed by atoms with Crippen LogP contribution in [0, 0.1) is 0 Å². The number of benzene rings is 3. The van der Waals surface area contributed by atoms with E-state index in [1.165, 1.54) is 5.56 Å². The molecule has 0 radical (unpaired) electrons. The fraction of sp³-hybridized carbons (Fsp3) is 0.182. The number of hydrogen-bond donors (Lipinski definition) is 1. The lowest BCUT2D eigenvalue weighted by atomic mass is 10.0. The molecule has 3 aromatic carbocycles. The quantitative estimate of drug-likeness (QED) is 0.731. The smallest absolute Gasteiger partial charge is 0.244 e. The second-order valence-corrected chi connectivity index (χ2v) is 6.43. The summed E-state index contributed by atoms with van der Waals surface area (Å²) >= 11 is 0. The van der Waals surface area contributed by atoms with Crippen molar-refractivity contribution in [2.75, 3.05) is 7.11 Å². The van der Waals surface area contributed by atoms with Gasteiger partial charge < -0.3 is 4.74 Å². The van der Waals surface area contributed by atoms with E-state index in [9.17, 15) is 4.79 Å². The van der Waals surface area contributed by atoms with Gasteiger partial charge in [0, 0.05) is 5.56 Å². The Morgan fingerprint density at radius 3 is 2.81 bits per heavy atom. The minimum absolute atomic E-state index is 0.101. The maximum Gasteiger partial charge on any atom is 0.244 e. The van der Waals surface area contributed by atoms with Gasteiger partial charge in [0.05, 0.1) is 19.2 Å². The number of fused-ring (bicyclic) bond motifs is 2. The van der Waals surface area contributed by atoms with Crippen molar-refractivity contribution in [1.82, 2.24) is 5.43 Å². The lowest BCUT2D eigenvalue weighted by Gasteiger charge is -2.07. The highest BCUT2D eigenvalue weighted by molar-refractivity contribution is 6.05. The molecule has 0 heterocycles. The number of hydrogen-bond acceptors (Lipinski definition) is 3. The number of ether oxygens (including phenoxy) is 1. The van der Waals surface area contributed by atoms with Gasteiger partial charge in [-0.05, 0) is 52.9 Å². The first-order valence-electron chi connectivity index (χ1n) is 8.74. The van der Waals surface area contributed by atoms with Crippen molar-refractivity contribution in [3.8, 4) is 5.75 Å². The molecule has 0 bridgehead atoms. The Balaban J connectivity index is 1.49. The number of nitrogens with one attached hydrogen (secondary N) is 1. The third-order valence-corrected chi connectivity index (χ3v) is 4.80. The summed E-state index contributed by atoms with van der Waals surface area (Å²) in [5.41, 5.74) is 6.97. The van der Waals surface area contributed by atoms with Crippen molar-refractivity contribution >= 4 is 22.4 Å². The van der Waals surface area contributed by atoms with E-state index in [0.29, 0.717) is 6.42 Å². The van der Waals surface area contributed by atoms with E-state index in [2.05, 4.69) is 22.7 Å². The standard InChI is InChI=1S/C22H20N2O2/c1-26-18-10-11-20-17(13-18)9-12-21(20)23-24-22(25)14-16-7-4-6-15-5-2-3-8-19(15)16/h2-8,10-11,13H,9,12,14H2,1H3,(H,24,25). The Bertz CT molecular complexity index is 1000. The average molecular weight is 344 g/mol. The maximum absolute atomic E-state index is 12.4. The Hall–Kier alpha value is -3.14. The van der Waals surface area contributed by atoms with Crippen LogP contribution in [0.25, 0.3) is 10.8 Å². The van der Waals surface area contributed by atoms with Crippen LogP contribution in [0.15, 0.2) is 65.8 Å². The summed E-state index contributed by atoms with van der Waals surface area (Å²) in [6, 6.07) is 20.1. The summed E-state index contributed by atoms with van der Waals surface area (Å²) in [6.45, 7) is 0. The monoisotopic (exact) mass is 344 g/mol. The van der Waals surface area contributed by atoms with Gasteiger partial charge in [-0.3, -0.25) is 4.79 Å². The highest BCUT2D eigenvalue weighted by Crippen LogP contribution is 2.26. The average Bonchev–Trinajstić information content (AvgIpc) is 3.09. The van der Waals surface area contributed by atoms with Crippen molar-refractivity contribution in [3.05, 3.63) is 77.4 Å². The zero-order valence-corrected chi connectivity index (χ0v) is 14.7. The number of carbonyl (C=O) groups is 1. The molecule has 4 rings (SSSR count). The second-order valence-electron chi connectivity index (χ2n) is 6.43. The van der Waals surface area contributed by atoms with Gasteiger partial charge in [0.2, 0.25) is 5.91 Å². The lowest BCUT2D eigenvalue weighted by molar-refractivity contribution is -0.120. The van der Waals surface area contributed by atoms with Gasteiger partial charge >= 0.3 is 0 Å². The van der Waals surface area contributed by atoms with Crippen molar-refractivity contribution < 1.29 is 9.53 Å². The Labute approximate surface area is 152 Å². The van der Waals surface area contributed by atoms with E-state index in [-0.39, 0.29) is 5.91 Å². The lowest BCUT2D eigenvalue weighted by Crippen LogP contribution is -2.21. The zero-order chi connectivity index (χ0) is 17.9. The number of aryl methyl sites for hydroxylation is 1.